The van der Waals surface area contributed by atoms with E-state index in [2.05, 4.69) is 60.2 Å². The summed E-state index contributed by atoms with van der Waals surface area (Å²) in [6.45, 7) is 6.24. The van der Waals surface area contributed by atoms with Gasteiger partial charge in [0.2, 0.25) is 0 Å². The fourth-order valence-corrected chi connectivity index (χ4v) is 2.50. The van der Waals surface area contributed by atoms with Gasteiger partial charge < -0.3 is 0 Å². The molecule has 1 atom stereocenters. The Kier molecular flexibility index (Phi) is 6.44. The van der Waals surface area contributed by atoms with Crippen molar-refractivity contribution >= 4 is 23.1 Å². The minimum atomic E-state index is -0.430. The summed E-state index contributed by atoms with van der Waals surface area (Å²) < 4.78 is 14.0. The highest BCUT2D eigenvalue weighted by molar-refractivity contribution is 7.78. The zero-order valence-corrected chi connectivity index (χ0v) is 15.0. The second-order valence-corrected chi connectivity index (χ2v) is 6.17. The number of rotatable bonds is 4. The maximum atomic E-state index is 14.0. The minimum absolute atomic E-state index is 0.227. The molecule has 0 radical (unpaired) electrons. The van der Waals surface area contributed by atoms with E-state index in [4.69, 9.17) is 0 Å². The lowest BCUT2D eigenvalue weighted by molar-refractivity contribution is 0.560. The molecule has 0 aliphatic carbocycles. The normalized spacial score (nSPS) is 11.2. The van der Waals surface area contributed by atoms with Gasteiger partial charge in [0.25, 0.3) is 0 Å². The molecule has 0 aliphatic rings. The van der Waals surface area contributed by atoms with Crippen molar-refractivity contribution in [3.05, 3.63) is 64.5 Å². The molecule has 0 bridgehead atoms. The number of benzene rings is 2. The van der Waals surface area contributed by atoms with Crippen molar-refractivity contribution in [3.8, 4) is 11.8 Å². The Bertz CT molecular complexity index is 798. The van der Waals surface area contributed by atoms with E-state index in [-0.39, 0.29) is 5.69 Å². The van der Waals surface area contributed by atoms with Gasteiger partial charge in [-0.3, -0.25) is 0 Å². The molecule has 0 spiro atoms. The number of nitrogens with zero attached hydrogens (tertiary/aromatic N) is 1. The van der Waals surface area contributed by atoms with Crippen molar-refractivity contribution in [2.24, 2.45) is 10.9 Å². The zero-order valence-electron chi connectivity index (χ0n) is 14.2. The fourth-order valence-electron chi connectivity index (χ4n) is 2.41. The van der Waals surface area contributed by atoms with Gasteiger partial charge in [-0.05, 0) is 66.9 Å². The number of hydrogen-bond donors (Lipinski definition) is 0. The highest BCUT2D eigenvalue weighted by atomic mass is 32.1. The lowest BCUT2D eigenvalue weighted by atomic mass is 9.98. The van der Waals surface area contributed by atoms with E-state index in [9.17, 15) is 4.39 Å². The summed E-state index contributed by atoms with van der Waals surface area (Å²) in [5.74, 6) is 6.33. The Morgan fingerprint density at radius 2 is 1.79 bits per heavy atom. The molecule has 24 heavy (non-hydrogen) atoms. The maximum Gasteiger partial charge on any atom is 0.151 e. The van der Waals surface area contributed by atoms with Gasteiger partial charge in [-0.2, -0.15) is 4.99 Å². The lowest BCUT2D eigenvalue weighted by Crippen LogP contribution is -1.97. The van der Waals surface area contributed by atoms with Crippen molar-refractivity contribution in [3.63, 3.8) is 0 Å². The predicted octanol–water partition coefficient (Wildman–Crippen LogP) is 5.86. The molecule has 1 nitrogen and oxygen atoms in total. The summed E-state index contributed by atoms with van der Waals surface area (Å²) in [5, 5.41) is 2.20. The van der Waals surface area contributed by atoms with Gasteiger partial charge in [0.1, 0.15) is 5.69 Å². The topological polar surface area (TPSA) is 12.4 Å². The molecule has 1 unspecified atom stereocenters. The molecular formula is C21H20FNS. The number of halogens is 1. The van der Waals surface area contributed by atoms with Crippen LogP contribution in [0.25, 0.3) is 0 Å². The van der Waals surface area contributed by atoms with Crippen molar-refractivity contribution in [1.29, 1.82) is 0 Å². The van der Waals surface area contributed by atoms with Crippen molar-refractivity contribution in [2.75, 3.05) is 0 Å². The van der Waals surface area contributed by atoms with Crippen LogP contribution in [0, 0.1) is 30.5 Å². The van der Waals surface area contributed by atoms with Gasteiger partial charge in [0, 0.05) is 11.1 Å². The molecule has 3 heteroatoms. The van der Waals surface area contributed by atoms with Gasteiger partial charge in [-0.25, -0.2) is 4.39 Å². The Labute approximate surface area is 148 Å². The Morgan fingerprint density at radius 3 is 2.38 bits per heavy atom. The van der Waals surface area contributed by atoms with Crippen LogP contribution in [0.2, 0.25) is 0 Å². The summed E-state index contributed by atoms with van der Waals surface area (Å²) in [6, 6.07) is 11.4. The third kappa shape index (κ3) is 4.86. The molecule has 0 N–H and O–H groups in total. The average Bonchev–Trinajstić information content (AvgIpc) is 2.57. The van der Waals surface area contributed by atoms with Gasteiger partial charge in [0.05, 0.1) is 5.16 Å². The molecule has 2 rings (SSSR count). The number of isothiocyanates is 1. The van der Waals surface area contributed by atoms with Crippen LogP contribution in [0.5, 0.6) is 0 Å². The number of aryl methyl sites for hydroxylation is 1. The van der Waals surface area contributed by atoms with Crippen LogP contribution >= 0.6 is 12.2 Å². The highest BCUT2D eigenvalue weighted by Gasteiger charge is 2.06. The first kappa shape index (κ1) is 18.1. The summed E-state index contributed by atoms with van der Waals surface area (Å²) in [4.78, 5) is 3.75. The van der Waals surface area contributed by atoms with Crippen molar-refractivity contribution in [1.82, 2.24) is 0 Å². The van der Waals surface area contributed by atoms with Crippen LogP contribution in [0.4, 0.5) is 10.1 Å². The maximum absolute atomic E-state index is 14.0. The lowest BCUT2D eigenvalue weighted by Gasteiger charge is -2.07. The number of hydrogen-bond acceptors (Lipinski definition) is 2. The Morgan fingerprint density at radius 1 is 1.12 bits per heavy atom. The Hall–Kier alpha value is -2.27. The van der Waals surface area contributed by atoms with Crippen LogP contribution in [0.3, 0.4) is 0 Å². The van der Waals surface area contributed by atoms with E-state index in [0.29, 0.717) is 17.0 Å². The zero-order chi connectivity index (χ0) is 17.5. The molecule has 0 fully saturated rings. The molecule has 0 heterocycles. The van der Waals surface area contributed by atoms with E-state index < -0.39 is 5.82 Å². The molecule has 2 aromatic rings. The molecule has 0 aromatic heterocycles. The number of thiocarbonyl (C=S) groups is 1. The predicted molar refractivity (Wildman–Crippen MR) is 101 cm³/mol. The Balaban J connectivity index is 2.19. The third-order valence-electron chi connectivity index (χ3n) is 4.00. The molecule has 122 valence electrons. The third-order valence-corrected chi connectivity index (χ3v) is 4.09. The van der Waals surface area contributed by atoms with Crippen LogP contribution < -0.4 is 0 Å². The highest BCUT2D eigenvalue weighted by Crippen LogP contribution is 2.23. The van der Waals surface area contributed by atoms with Crippen molar-refractivity contribution in [2.45, 2.75) is 33.6 Å². The average molecular weight is 337 g/mol. The number of aliphatic imine (C=N–C) groups is 1. The monoisotopic (exact) mass is 337 g/mol. The molecule has 0 saturated heterocycles. The molecule has 0 saturated carbocycles. The van der Waals surface area contributed by atoms with Gasteiger partial charge in [0.15, 0.2) is 5.82 Å². The SMILES string of the molecule is CCC(C)Cc1ccc(C#Cc2cc(C)c(N=C=S)c(F)c2)cc1. The molecule has 2 aromatic carbocycles. The first-order valence-electron chi connectivity index (χ1n) is 8.02. The van der Waals surface area contributed by atoms with E-state index in [1.165, 1.54) is 18.1 Å². The minimum Gasteiger partial charge on any atom is -0.205 e. The van der Waals surface area contributed by atoms with Crippen molar-refractivity contribution < 1.29 is 4.39 Å². The van der Waals surface area contributed by atoms with E-state index in [1.54, 1.807) is 13.0 Å². The van der Waals surface area contributed by atoms with Crippen LogP contribution in [0.1, 0.15) is 42.5 Å². The second-order valence-electron chi connectivity index (χ2n) is 5.99. The van der Waals surface area contributed by atoms with E-state index >= 15 is 0 Å². The molecule has 0 aliphatic heterocycles. The van der Waals surface area contributed by atoms with Gasteiger partial charge >= 0.3 is 0 Å². The molecular weight excluding hydrogens is 317 g/mol. The van der Waals surface area contributed by atoms with E-state index in [0.717, 1.165) is 12.0 Å². The first-order chi connectivity index (χ1) is 11.5. The smallest absolute Gasteiger partial charge is 0.151 e. The quantitative estimate of drug-likeness (QED) is 0.387. The second kappa shape index (κ2) is 8.55. The summed E-state index contributed by atoms with van der Waals surface area (Å²) in [6.07, 6.45) is 2.26. The summed E-state index contributed by atoms with van der Waals surface area (Å²) >= 11 is 4.53. The molecule has 0 amide bonds. The van der Waals surface area contributed by atoms with Crippen LogP contribution in [-0.2, 0) is 6.42 Å². The van der Waals surface area contributed by atoms with E-state index in [1.807, 2.05) is 12.1 Å². The van der Waals surface area contributed by atoms with Gasteiger partial charge in [-0.15, -0.1) is 0 Å². The first-order valence-corrected chi connectivity index (χ1v) is 8.43. The largest absolute Gasteiger partial charge is 0.205 e. The standard InChI is InChI=1S/C21H20FNS/c1-4-15(2)11-18-8-5-17(6-9-18)7-10-19-12-16(3)21(23-14-24)20(22)13-19/h5-6,8-9,12-13,15H,4,11H2,1-3H3. The summed E-state index contributed by atoms with van der Waals surface area (Å²) in [5.41, 5.74) is 3.78. The van der Waals surface area contributed by atoms with Crippen LogP contribution in [-0.4, -0.2) is 5.16 Å². The van der Waals surface area contributed by atoms with Crippen LogP contribution in [0.15, 0.2) is 41.4 Å². The fraction of sp³-hybridized carbons (Fsp3) is 0.286. The van der Waals surface area contributed by atoms with Gasteiger partial charge in [-0.1, -0.05) is 44.2 Å². The summed E-state index contributed by atoms with van der Waals surface area (Å²) in [7, 11) is 0.